The molecule has 13 aromatic rings. The third-order valence-corrected chi connectivity index (χ3v) is 23.0. The summed E-state index contributed by atoms with van der Waals surface area (Å²) in [4.78, 5) is 108. The number of hydrogen-bond acceptors (Lipinski definition) is 24. The Morgan fingerprint density at radius 3 is 1.33 bits per heavy atom. The van der Waals surface area contributed by atoms with Crippen LogP contribution in [0.5, 0.6) is 0 Å². The van der Waals surface area contributed by atoms with Crippen molar-refractivity contribution in [1.82, 2.24) is 34.0 Å². The molecule has 2 N–H and O–H groups in total. The summed E-state index contributed by atoms with van der Waals surface area (Å²) >= 11 is 0. The number of imidazole rings is 3. The van der Waals surface area contributed by atoms with E-state index >= 15 is 0 Å². The van der Waals surface area contributed by atoms with E-state index in [1.54, 1.807) is 55.2 Å². The number of hydrogen-bond donors (Lipinski definition) is 2. The van der Waals surface area contributed by atoms with Crippen molar-refractivity contribution in [2.75, 3.05) is 120 Å². The molecule has 0 amide bonds. The van der Waals surface area contributed by atoms with Crippen molar-refractivity contribution in [2.45, 2.75) is 50.4 Å². The number of halogens is 1. The fourth-order valence-electron chi connectivity index (χ4n) is 16.6. The zero-order chi connectivity index (χ0) is 90.5. The number of ether oxygens (including phenoxy) is 4. The molecule has 9 heterocycles. The largest absolute Gasteiger partial charge is 0.388 e. The van der Waals surface area contributed by atoms with E-state index in [4.69, 9.17) is 23.9 Å². The first-order valence-electron chi connectivity index (χ1n) is 42.0. The van der Waals surface area contributed by atoms with Crippen molar-refractivity contribution in [1.29, 1.82) is 0 Å². The molecule has 4 saturated heterocycles. The van der Waals surface area contributed by atoms with E-state index in [2.05, 4.69) is 109 Å². The van der Waals surface area contributed by atoms with Gasteiger partial charge in [0, 0.05) is 135 Å². The lowest BCUT2D eigenvalue weighted by Crippen LogP contribution is -2.36. The van der Waals surface area contributed by atoms with Crippen molar-refractivity contribution in [3.05, 3.63) is 376 Å². The van der Waals surface area contributed by atoms with Gasteiger partial charge in [0.2, 0.25) is 5.82 Å². The fraction of sp³-hybridized carbons (Fsp3) is 0.247. The molecule has 129 heavy (non-hydrogen) atoms. The standard InChI is InChI=1S/C29H22N2O.C22H22N4O4.C22H20N4O4.C12H14N2O4.C8H6FNO3.C4H9NO/c32-21-23-12-10-11-19-27(23)28-20-31(22-30-28)29(24-13-4-1-5-14-24,25-15-6-2-7-16-25)26-17-8-3-9-18-26;2*27-22(12-19-16-3-1-2-4-17(16)21-13-23-14-25(19)21)15-5-6-18(20(11-15)26(28)29)24-7-9-30-10-8-24;1-9(15)10-2-3-11(12(8-10)14(16)17)13-4-6-18-7-5-13;1-5(11)6-2-3-7(9)8(4-6)10(12)13;1-3-6-4-2-5-1/h1-22H;1-6,11,13-14,19,22,27H,7-10,12H2;1-6,11,13-14,19H,7-10,12H2;2-3,8H,4-7H2,1H3;2-4H,1H3;5H,1-4H2. The predicted octanol–water partition coefficient (Wildman–Crippen LogP) is 16.2. The van der Waals surface area contributed by atoms with Crippen LogP contribution in [0.25, 0.3) is 33.8 Å². The molecular weight excluding hydrogens is 1650 g/mol. The molecule has 32 heteroatoms. The van der Waals surface area contributed by atoms with Gasteiger partial charge in [0.1, 0.15) is 22.6 Å². The molecule has 0 aliphatic carbocycles. The number of anilines is 3. The van der Waals surface area contributed by atoms with Crippen LogP contribution in [0, 0.1) is 46.3 Å². The van der Waals surface area contributed by atoms with Crippen molar-refractivity contribution < 1.29 is 67.3 Å². The van der Waals surface area contributed by atoms with Gasteiger partial charge < -0.3 is 57.8 Å². The lowest BCUT2D eigenvalue weighted by molar-refractivity contribution is -0.387. The zero-order valence-electron chi connectivity index (χ0n) is 70.7. The van der Waals surface area contributed by atoms with E-state index in [0.29, 0.717) is 125 Å². The molecule has 3 aromatic heterocycles. The second kappa shape index (κ2) is 42.5. The van der Waals surface area contributed by atoms with Crippen molar-refractivity contribution in [3.8, 4) is 33.8 Å². The van der Waals surface area contributed by atoms with Crippen LogP contribution < -0.4 is 20.0 Å². The number of rotatable bonds is 21. The summed E-state index contributed by atoms with van der Waals surface area (Å²) < 4.78 is 39.9. The first kappa shape index (κ1) is 90.4. The molecule has 3 atom stereocenters. The Balaban J connectivity index is 0.000000132. The molecule has 6 aliphatic rings. The Morgan fingerprint density at radius 2 is 0.876 bits per heavy atom. The van der Waals surface area contributed by atoms with Crippen LogP contribution in [0.15, 0.2) is 274 Å². The maximum absolute atomic E-state index is 13.1. The maximum atomic E-state index is 13.1. The second-order valence-electron chi connectivity index (χ2n) is 30.8. The average molecular weight is 1750 g/mol. The van der Waals surface area contributed by atoms with Gasteiger partial charge in [-0.1, -0.05) is 170 Å². The maximum Gasteiger partial charge on any atom is 0.305 e. The van der Waals surface area contributed by atoms with Gasteiger partial charge in [-0.3, -0.25) is 59.6 Å². The van der Waals surface area contributed by atoms with Crippen LogP contribution in [0.2, 0.25) is 0 Å². The third-order valence-electron chi connectivity index (χ3n) is 23.0. The van der Waals surface area contributed by atoms with Gasteiger partial charge in [-0.15, -0.1) is 0 Å². The minimum atomic E-state index is -0.935. The Hall–Kier alpha value is -14.8. The second-order valence-corrected chi connectivity index (χ2v) is 30.8. The number of benzene rings is 10. The van der Waals surface area contributed by atoms with Crippen LogP contribution in [0.4, 0.5) is 44.2 Å². The highest BCUT2D eigenvalue weighted by molar-refractivity contribution is 5.99. The van der Waals surface area contributed by atoms with E-state index < -0.39 is 37.9 Å². The van der Waals surface area contributed by atoms with Gasteiger partial charge in [-0.05, 0) is 89.7 Å². The highest BCUT2D eigenvalue weighted by Crippen LogP contribution is 2.47. The van der Waals surface area contributed by atoms with E-state index in [1.807, 2.05) is 117 Å². The van der Waals surface area contributed by atoms with Crippen molar-refractivity contribution in [2.24, 2.45) is 0 Å². The summed E-state index contributed by atoms with van der Waals surface area (Å²) in [6, 6.07) is 72.2. The topological polar surface area (TPSA) is 373 Å². The summed E-state index contributed by atoms with van der Waals surface area (Å²) in [6.07, 6.45) is 11.7. The number of nitro benzene ring substituents is 4. The van der Waals surface area contributed by atoms with Gasteiger partial charge in [0.25, 0.3) is 17.1 Å². The Bertz CT molecular complexity index is 6040. The number of aliphatic hydroxyl groups is 1. The minimum absolute atomic E-state index is 0.0172. The average Bonchev–Trinajstić information content (AvgIpc) is 1.43. The summed E-state index contributed by atoms with van der Waals surface area (Å²) in [5, 5.41) is 58.9. The molecule has 0 radical (unpaired) electrons. The van der Waals surface area contributed by atoms with Crippen molar-refractivity contribution in [3.63, 3.8) is 0 Å². The van der Waals surface area contributed by atoms with Crippen molar-refractivity contribution >= 4 is 63.4 Å². The lowest BCUT2D eigenvalue weighted by Gasteiger charge is -2.37. The number of ketones is 3. The molecule has 0 spiro atoms. The van der Waals surface area contributed by atoms with Crippen LogP contribution in [-0.4, -0.2) is 182 Å². The number of Topliss-reactive ketones (excluding diaryl/α,β-unsaturated/α-hetero) is 3. The third kappa shape index (κ3) is 20.8. The van der Waals surface area contributed by atoms with Gasteiger partial charge in [0.15, 0.2) is 23.6 Å². The lowest BCUT2D eigenvalue weighted by atomic mass is 9.77. The van der Waals surface area contributed by atoms with Crippen LogP contribution in [-0.2, 0) is 24.5 Å². The number of nitrogens with zero attached hydrogens (tertiary/aromatic N) is 13. The SMILES string of the molecule is C1COCCN1.CC(=O)c1ccc(F)c([N+](=O)[O-])c1.CC(=O)c1ccc(N2CCOCC2)c([N+](=O)[O-])c1.O=C(CC1c2ccccc2-c2cncn21)c1ccc(N2CCOCC2)c([N+](=O)[O-])c1.O=Cc1ccccc1-c1cn(C(c2ccccc2)(c2ccccc2)c2ccccc2)cn1.O=[N+]([O-])c1cc(C(O)CC2c3ccccc3-c3cncn32)ccc1N1CCOCC1. The number of nitrogens with one attached hydrogen (secondary N) is 1. The molecule has 3 unspecified atom stereocenters. The Kier molecular flexibility index (Phi) is 29.8. The summed E-state index contributed by atoms with van der Waals surface area (Å²) in [5.41, 5.74) is 13.7. The number of fused-ring (bicyclic) bond motifs is 6. The number of aldehydes is 1. The van der Waals surface area contributed by atoms with E-state index in [1.165, 1.54) is 38.1 Å². The number of aliphatic hydroxyl groups excluding tert-OH is 1. The fourth-order valence-corrected chi connectivity index (χ4v) is 16.6. The zero-order valence-corrected chi connectivity index (χ0v) is 70.7. The van der Waals surface area contributed by atoms with Gasteiger partial charge >= 0.3 is 5.69 Å². The quantitative estimate of drug-likeness (QED) is 0.0222. The summed E-state index contributed by atoms with van der Waals surface area (Å²) in [7, 11) is 0. The Labute approximate surface area is 741 Å². The predicted molar refractivity (Wildman–Crippen MR) is 483 cm³/mol. The number of morpholine rings is 4. The van der Waals surface area contributed by atoms with E-state index in [9.17, 15) is 69.1 Å². The van der Waals surface area contributed by atoms with Crippen LogP contribution >= 0.6 is 0 Å². The van der Waals surface area contributed by atoms with Gasteiger partial charge in [-0.2, -0.15) is 4.39 Å². The number of nitro groups is 4. The van der Waals surface area contributed by atoms with Gasteiger partial charge in [0.05, 0.1) is 139 Å². The summed E-state index contributed by atoms with van der Waals surface area (Å²) in [5.74, 6) is -1.57. The normalized spacial score (nSPS) is 15.5. The van der Waals surface area contributed by atoms with Crippen LogP contribution in [0.3, 0.4) is 0 Å². The molecule has 0 saturated carbocycles. The van der Waals surface area contributed by atoms with Gasteiger partial charge in [-0.25, -0.2) is 15.0 Å². The summed E-state index contributed by atoms with van der Waals surface area (Å²) in [6.45, 7) is 13.5. The first-order chi connectivity index (χ1) is 62.7. The Morgan fingerprint density at radius 1 is 0.481 bits per heavy atom. The first-order valence-corrected chi connectivity index (χ1v) is 42.0. The highest BCUT2D eigenvalue weighted by atomic mass is 19.1. The van der Waals surface area contributed by atoms with E-state index in [-0.39, 0.29) is 63.4 Å². The monoisotopic (exact) mass is 1740 g/mol. The number of carbonyl (C=O) groups is 4. The minimum Gasteiger partial charge on any atom is -0.388 e. The number of carbonyl (C=O) groups excluding carboxylic acids is 4. The van der Waals surface area contributed by atoms with E-state index in [0.717, 1.165) is 106 Å². The molecule has 31 nitrogen and oxygen atoms in total. The van der Waals surface area contributed by atoms with Crippen LogP contribution in [0.1, 0.15) is 120 Å². The number of aromatic nitrogens is 6. The molecule has 4 fully saturated rings. The molecular formula is C97H93FN14O17. The molecule has 0 bridgehead atoms. The molecule has 660 valence electrons. The molecule has 6 aliphatic heterocycles. The smallest absolute Gasteiger partial charge is 0.305 e. The molecule has 19 rings (SSSR count). The molecule has 10 aromatic carbocycles. The highest BCUT2D eigenvalue weighted by Gasteiger charge is 2.40.